The van der Waals surface area contributed by atoms with Crippen molar-refractivity contribution in [3.8, 4) is 0 Å². The number of aryl methyl sites for hydroxylation is 1. The molecule has 0 radical (unpaired) electrons. The number of rotatable bonds is 3. The normalized spacial score (nSPS) is 10.7. The maximum atomic E-state index is 5.57. The molecule has 0 atom stereocenters. The molecule has 2 aromatic heterocycles. The Kier molecular flexibility index (Phi) is 2.32. The third-order valence-electron chi connectivity index (χ3n) is 2.01. The van der Waals surface area contributed by atoms with E-state index >= 15 is 0 Å². The Morgan fingerprint density at radius 2 is 2.43 bits per heavy atom. The molecular formula is C9H12N4O. The van der Waals surface area contributed by atoms with Gasteiger partial charge >= 0.3 is 0 Å². The van der Waals surface area contributed by atoms with Gasteiger partial charge in [0.2, 0.25) is 5.89 Å². The van der Waals surface area contributed by atoms with Crippen molar-refractivity contribution in [2.24, 2.45) is 5.73 Å². The van der Waals surface area contributed by atoms with Gasteiger partial charge in [0.25, 0.3) is 0 Å². The van der Waals surface area contributed by atoms with Crippen LogP contribution in [-0.2, 0) is 13.1 Å². The van der Waals surface area contributed by atoms with E-state index in [9.17, 15) is 0 Å². The molecule has 0 aliphatic carbocycles. The molecule has 0 aromatic carbocycles. The lowest BCUT2D eigenvalue weighted by atomic mass is 10.4. The maximum Gasteiger partial charge on any atom is 0.246 e. The first-order valence-electron chi connectivity index (χ1n) is 4.43. The highest BCUT2D eigenvalue weighted by Gasteiger charge is 2.05. The largest absolute Gasteiger partial charge is 0.341 e. The maximum absolute atomic E-state index is 5.57. The third kappa shape index (κ3) is 1.67. The predicted molar refractivity (Wildman–Crippen MR) is 50.5 cm³/mol. The summed E-state index contributed by atoms with van der Waals surface area (Å²) in [7, 11) is 0. The van der Waals surface area contributed by atoms with Crippen LogP contribution in [0.5, 0.6) is 0 Å². The van der Waals surface area contributed by atoms with Crippen LogP contribution < -0.4 is 5.73 Å². The van der Waals surface area contributed by atoms with Crippen LogP contribution in [0.2, 0.25) is 0 Å². The van der Waals surface area contributed by atoms with Crippen molar-refractivity contribution in [1.82, 2.24) is 14.7 Å². The van der Waals surface area contributed by atoms with Crippen molar-refractivity contribution in [2.75, 3.05) is 0 Å². The zero-order valence-corrected chi connectivity index (χ0v) is 7.97. The van der Waals surface area contributed by atoms with Crippen LogP contribution in [0.15, 0.2) is 22.9 Å². The van der Waals surface area contributed by atoms with E-state index in [2.05, 4.69) is 10.1 Å². The highest BCUT2D eigenvalue weighted by Crippen LogP contribution is 2.05. The molecule has 0 fully saturated rings. The molecule has 0 saturated carbocycles. The molecule has 5 nitrogen and oxygen atoms in total. The molecule has 2 N–H and O–H groups in total. The molecule has 0 amide bonds. The second kappa shape index (κ2) is 3.63. The van der Waals surface area contributed by atoms with Crippen LogP contribution in [-0.4, -0.2) is 14.7 Å². The molecule has 0 aliphatic heterocycles. The summed E-state index contributed by atoms with van der Waals surface area (Å²) in [6.45, 7) is 2.90. The number of nitrogens with two attached hydrogens (primary N) is 1. The molecule has 0 unspecified atom stereocenters. The number of nitrogens with zero attached hydrogens (tertiary/aromatic N) is 3. The Bertz CT molecular complexity index is 418. The fourth-order valence-corrected chi connectivity index (χ4v) is 1.34. The van der Waals surface area contributed by atoms with Gasteiger partial charge in [0, 0.05) is 18.4 Å². The minimum Gasteiger partial charge on any atom is -0.341 e. The van der Waals surface area contributed by atoms with Gasteiger partial charge < -0.3 is 14.8 Å². The first kappa shape index (κ1) is 8.96. The van der Waals surface area contributed by atoms with Gasteiger partial charge in [-0.3, -0.25) is 0 Å². The second-order valence-corrected chi connectivity index (χ2v) is 3.07. The van der Waals surface area contributed by atoms with Crippen LogP contribution in [0.3, 0.4) is 0 Å². The van der Waals surface area contributed by atoms with E-state index in [1.807, 2.05) is 22.9 Å². The van der Waals surface area contributed by atoms with E-state index in [1.165, 1.54) is 0 Å². The van der Waals surface area contributed by atoms with E-state index in [0.717, 1.165) is 5.69 Å². The minimum absolute atomic E-state index is 0.514. The molecule has 74 valence electrons. The van der Waals surface area contributed by atoms with Crippen molar-refractivity contribution in [3.63, 3.8) is 0 Å². The quantitative estimate of drug-likeness (QED) is 0.776. The van der Waals surface area contributed by atoms with Gasteiger partial charge in [0.05, 0.1) is 0 Å². The SMILES string of the molecule is Cc1noc(Cn2cccc2CN)n1. The molecule has 0 aliphatic rings. The van der Waals surface area contributed by atoms with Crippen molar-refractivity contribution >= 4 is 0 Å². The first-order valence-corrected chi connectivity index (χ1v) is 4.43. The van der Waals surface area contributed by atoms with Crippen molar-refractivity contribution in [3.05, 3.63) is 35.7 Å². The van der Waals surface area contributed by atoms with E-state index in [0.29, 0.717) is 24.8 Å². The third-order valence-corrected chi connectivity index (χ3v) is 2.01. The lowest BCUT2D eigenvalue weighted by Gasteiger charge is -2.02. The molecule has 0 saturated heterocycles. The Morgan fingerprint density at radius 1 is 1.57 bits per heavy atom. The summed E-state index contributed by atoms with van der Waals surface area (Å²) in [5, 5.41) is 3.72. The summed E-state index contributed by atoms with van der Waals surface area (Å²) < 4.78 is 7.01. The lowest BCUT2D eigenvalue weighted by molar-refractivity contribution is 0.366. The van der Waals surface area contributed by atoms with Gasteiger partial charge in [-0.1, -0.05) is 5.16 Å². The number of aromatic nitrogens is 3. The van der Waals surface area contributed by atoms with E-state index < -0.39 is 0 Å². The first-order chi connectivity index (χ1) is 6.79. The van der Waals surface area contributed by atoms with Gasteiger partial charge in [-0.05, 0) is 19.1 Å². The van der Waals surface area contributed by atoms with Crippen LogP contribution >= 0.6 is 0 Å². The smallest absolute Gasteiger partial charge is 0.246 e. The van der Waals surface area contributed by atoms with Crippen LogP contribution in [0.25, 0.3) is 0 Å². The van der Waals surface area contributed by atoms with Gasteiger partial charge in [-0.2, -0.15) is 4.98 Å². The fraction of sp³-hybridized carbons (Fsp3) is 0.333. The van der Waals surface area contributed by atoms with Crippen LogP contribution in [0, 0.1) is 6.92 Å². The monoisotopic (exact) mass is 192 g/mol. The highest BCUT2D eigenvalue weighted by molar-refractivity contribution is 5.07. The molecular weight excluding hydrogens is 180 g/mol. The molecule has 2 heterocycles. The number of hydrogen-bond acceptors (Lipinski definition) is 4. The summed E-state index contributed by atoms with van der Waals surface area (Å²) in [5.74, 6) is 1.26. The zero-order chi connectivity index (χ0) is 9.97. The van der Waals surface area contributed by atoms with Gasteiger partial charge in [-0.25, -0.2) is 0 Å². The Morgan fingerprint density at radius 3 is 3.07 bits per heavy atom. The van der Waals surface area contributed by atoms with Crippen LogP contribution in [0.1, 0.15) is 17.4 Å². The Labute approximate surface area is 81.5 Å². The molecule has 0 bridgehead atoms. The summed E-state index contributed by atoms with van der Waals surface area (Å²) in [4.78, 5) is 4.12. The van der Waals surface area contributed by atoms with E-state index in [1.54, 1.807) is 6.92 Å². The Hall–Kier alpha value is -1.62. The molecule has 0 spiro atoms. The van der Waals surface area contributed by atoms with Gasteiger partial charge in [0.1, 0.15) is 6.54 Å². The lowest BCUT2D eigenvalue weighted by Crippen LogP contribution is -2.07. The van der Waals surface area contributed by atoms with E-state index in [4.69, 9.17) is 10.3 Å². The number of hydrogen-bond donors (Lipinski definition) is 1. The second-order valence-electron chi connectivity index (χ2n) is 3.07. The van der Waals surface area contributed by atoms with Gasteiger partial charge in [0.15, 0.2) is 5.82 Å². The fourth-order valence-electron chi connectivity index (χ4n) is 1.34. The average molecular weight is 192 g/mol. The van der Waals surface area contributed by atoms with Crippen molar-refractivity contribution in [2.45, 2.75) is 20.0 Å². The van der Waals surface area contributed by atoms with Crippen molar-refractivity contribution < 1.29 is 4.52 Å². The zero-order valence-electron chi connectivity index (χ0n) is 7.97. The molecule has 2 rings (SSSR count). The summed E-state index contributed by atoms with van der Waals surface area (Å²) in [5.41, 5.74) is 6.62. The van der Waals surface area contributed by atoms with E-state index in [-0.39, 0.29) is 0 Å². The van der Waals surface area contributed by atoms with Crippen molar-refractivity contribution in [1.29, 1.82) is 0 Å². The topological polar surface area (TPSA) is 69.9 Å². The van der Waals surface area contributed by atoms with Gasteiger partial charge in [-0.15, -0.1) is 0 Å². The minimum atomic E-state index is 0.514. The predicted octanol–water partition coefficient (Wildman–Crippen LogP) is 0.687. The standard InChI is InChI=1S/C9H12N4O/c1-7-11-9(14-12-7)6-13-4-2-3-8(13)5-10/h2-4H,5-6,10H2,1H3. The van der Waals surface area contributed by atoms with Crippen LogP contribution in [0.4, 0.5) is 0 Å². The molecule has 14 heavy (non-hydrogen) atoms. The average Bonchev–Trinajstić information content (AvgIpc) is 2.76. The summed E-state index contributed by atoms with van der Waals surface area (Å²) in [6, 6.07) is 3.93. The summed E-state index contributed by atoms with van der Waals surface area (Å²) >= 11 is 0. The molecule has 5 heteroatoms. The Balaban J connectivity index is 2.18. The molecule has 2 aromatic rings. The summed E-state index contributed by atoms with van der Waals surface area (Å²) in [6.07, 6.45) is 1.95. The highest BCUT2D eigenvalue weighted by atomic mass is 16.5.